The van der Waals surface area contributed by atoms with E-state index < -0.39 is 11.6 Å². The Balaban J connectivity index is 1.69. The van der Waals surface area contributed by atoms with Crippen LogP contribution in [0.1, 0.15) is 5.69 Å². The molecule has 3 rings (SSSR count). The largest absolute Gasteiger partial charge is 0.366 e. The molecule has 1 aliphatic heterocycles. The van der Waals surface area contributed by atoms with Crippen LogP contribution in [-0.4, -0.2) is 36.4 Å². The van der Waals surface area contributed by atoms with Gasteiger partial charge in [0, 0.05) is 32.2 Å². The molecule has 0 N–H and O–H groups in total. The SMILES string of the molecule is N#Cc1ccc(N2CCN(c3cc(F)ccc3F)CC2)nn1. The maximum Gasteiger partial charge on any atom is 0.163 e. The predicted octanol–water partition coefficient (Wildman–Crippen LogP) is 1.95. The van der Waals surface area contributed by atoms with Gasteiger partial charge in [-0.1, -0.05) is 0 Å². The molecule has 1 aromatic heterocycles. The Morgan fingerprint density at radius 1 is 0.955 bits per heavy atom. The summed E-state index contributed by atoms with van der Waals surface area (Å²) in [5.41, 5.74) is 0.551. The van der Waals surface area contributed by atoms with Crippen molar-refractivity contribution in [3.05, 3.63) is 47.7 Å². The van der Waals surface area contributed by atoms with Gasteiger partial charge in [0.25, 0.3) is 0 Å². The highest BCUT2D eigenvalue weighted by atomic mass is 19.1. The van der Waals surface area contributed by atoms with Crippen molar-refractivity contribution < 1.29 is 8.78 Å². The average Bonchev–Trinajstić information content (AvgIpc) is 2.57. The number of anilines is 2. The molecule has 0 bridgehead atoms. The Bertz CT molecular complexity index is 703. The van der Waals surface area contributed by atoms with Crippen molar-refractivity contribution in [3.63, 3.8) is 0 Å². The maximum absolute atomic E-state index is 13.8. The van der Waals surface area contributed by atoms with E-state index in [1.54, 1.807) is 12.1 Å². The molecule has 0 atom stereocenters. The summed E-state index contributed by atoms with van der Waals surface area (Å²) >= 11 is 0. The minimum Gasteiger partial charge on any atom is -0.366 e. The van der Waals surface area contributed by atoms with Gasteiger partial charge in [-0.2, -0.15) is 5.26 Å². The molecule has 0 unspecified atom stereocenters. The zero-order chi connectivity index (χ0) is 15.5. The number of hydrogen-bond donors (Lipinski definition) is 0. The number of piperazine rings is 1. The lowest BCUT2D eigenvalue weighted by molar-refractivity contribution is 0.579. The van der Waals surface area contributed by atoms with Gasteiger partial charge in [0.2, 0.25) is 0 Å². The molecular weight excluding hydrogens is 288 g/mol. The molecule has 0 saturated carbocycles. The van der Waals surface area contributed by atoms with Crippen molar-refractivity contribution in [2.45, 2.75) is 0 Å². The molecule has 0 radical (unpaired) electrons. The van der Waals surface area contributed by atoms with Crippen LogP contribution in [-0.2, 0) is 0 Å². The van der Waals surface area contributed by atoms with Crippen LogP contribution in [0.3, 0.4) is 0 Å². The van der Waals surface area contributed by atoms with E-state index in [1.807, 2.05) is 15.9 Å². The first-order valence-electron chi connectivity index (χ1n) is 6.86. The Labute approximate surface area is 126 Å². The van der Waals surface area contributed by atoms with Crippen molar-refractivity contribution in [1.29, 1.82) is 5.26 Å². The van der Waals surface area contributed by atoms with Crippen molar-refractivity contribution in [2.24, 2.45) is 0 Å². The van der Waals surface area contributed by atoms with Gasteiger partial charge < -0.3 is 9.80 Å². The van der Waals surface area contributed by atoms with E-state index in [9.17, 15) is 8.78 Å². The van der Waals surface area contributed by atoms with Gasteiger partial charge in [-0.25, -0.2) is 8.78 Å². The van der Waals surface area contributed by atoms with Crippen LogP contribution >= 0.6 is 0 Å². The topological polar surface area (TPSA) is 56.1 Å². The molecule has 0 spiro atoms. The van der Waals surface area contributed by atoms with E-state index in [0.717, 1.165) is 12.1 Å². The molecule has 1 aromatic carbocycles. The summed E-state index contributed by atoms with van der Waals surface area (Å²) in [7, 11) is 0. The minimum absolute atomic E-state index is 0.268. The third kappa shape index (κ3) is 2.81. The van der Waals surface area contributed by atoms with Crippen LogP contribution in [0.5, 0.6) is 0 Å². The molecule has 0 amide bonds. The lowest BCUT2D eigenvalue weighted by atomic mass is 10.2. The number of nitriles is 1. The van der Waals surface area contributed by atoms with Crippen molar-refractivity contribution in [2.75, 3.05) is 36.0 Å². The standard InChI is InChI=1S/C15H13F2N5/c16-11-1-3-13(17)14(9-11)21-5-7-22(8-6-21)15-4-2-12(10-18)19-20-15/h1-4,9H,5-8H2. The van der Waals surface area contributed by atoms with Crippen molar-refractivity contribution in [3.8, 4) is 6.07 Å². The van der Waals surface area contributed by atoms with E-state index >= 15 is 0 Å². The molecule has 7 heteroatoms. The Morgan fingerprint density at radius 3 is 2.32 bits per heavy atom. The quantitative estimate of drug-likeness (QED) is 0.848. The van der Waals surface area contributed by atoms with Gasteiger partial charge in [0.15, 0.2) is 11.5 Å². The molecule has 5 nitrogen and oxygen atoms in total. The van der Waals surface area contributed by atoms with E-state index in [2.05, 4.69) is 10.2 Å². The number of rotatable bonds is 2. The lowest BCUT2D eigenvalue weighted by Gasteiger charge is -2.36. The first kappa shape index (κ1) is 14.2. The monoisotopic (exact) mass is 301 g/mol. The minimum atomic E-state index is -0.447. The highest BCUT2D eigenvalue weighted by Gasteiger charge is 2.21. The third-order valence-electron chi connectivity index (χ3n) is 3.62. The molecule has 2 aromatic rings. The summed E-state index contributed by atoms with van der Waals surface area (Å²) in [6, 6.07) is 8.74. The van der Waals surface area contributed by atoms with Gasteiger partial charge in [-0.3, -0.25) is 0 Å². The molecule has 1 aliphatic rings. The number of benzene rings is 1. The maximum atomic E-state index is 13.8. The van der Waals surface area contributed by atoms with E-state index in [1.165, 1.54) is 6.07 Å². The molecule has 0 aliphatic carbocycles. The Hall–Kier alpha value is -2.75. The normalized spacial score (nSPS) is 14.8. The first-order chi connectivity index (χ1) is 10.7. The fourth-order valence-electron chi connectivity index (χ4n) is 2.46. The van der Waals surface area contributed by atoms with Crippen molar-refractivity contribution in [1.82, 2.24) is 10.2 Å². The summed E-state index contributed by atoms with van der Waals surface area (Å²) in [5.74, 6) is -0.192. The smallest absolute Gasteiger partial charge is 0.163 e. The van der Waals surface area contributed by atoms with Crippen LogP contribution in [0.25, 0.3) is 0 Å². The van der Waals surface area contributed by atoms with Gasteiger partial charge in [-0.15, -0.1) is 10.2 Å². The highest BCUT2D eigenvalue weighted by molar-refractivity contribution is 5.50. The van der Waals surface area contributed by atoms with E-state index in [-0.39, 0.29) is 11.4 Å². The number of halogens is 2. The predicted molar refractivity (Wildman–Crippen MR) is 77.5 cm³/mol. The zero-order valence-corrected chi connectivity index (χ0v) is 11.7. The third-order valence-corrected chi connectivity index (χ3v) is 3.62. The summed E-state index contributed by atoms with van der Waals surface area (Å²) in [6.45, 7) is 2.36. The summed E-state index contributed by atoms with van der Waals surface area (Å²) in [4.78, 5) is 3.81. The first-order valence-corrected chi connectivity index (χ1v) is 6.86. The van der Waals surface area contributed by atoms with Gasteiger partial charge in [-0.05, 0) is 24.3 Å². The molecule has 2 heterocycles. The summed E-state index contributed by atoms with van der Waals surface area (Å²) in [5, 5.41) is 16.5. The van der Waals surface area contributed by atoms with E-state index in [4.69, 9.17) is 5.26 Å². The molecule has 112 valence electrons. The van der Waals surface area contributed by atoms with Crippen LogP contribution in [0.4, 0.5) is 20.3 Å². The fourth-order valence-corrected chi connectivity index (χ4v) is 2.46. The Morgan fingerprint density at radius 2 is 1.68 bits per heavy atom. The van der Waals surface area contributed by atoms with Gasteiger partial charge in [0.05, 0.1) is 5.69 Å². The van der Waals surface area contributed by atoms with E-state index in [0.29, 0.717) is 32.0 Å². The molecule has 1 fully saturated rings. The summed E-state index contributed by atoms with van der Waals surface area (Å²) < 4.78 is 27.0. The fraction of sp³-hybridized carbons (Fsp3) is 0.267. The van der Waals surface area contributed by atoms with Crippen LogP contribution < -0.4 is 9.80 Å². The van der Waals surface area contributed by atoms with Crippen LogP contribution in [0.15, 0.2) is 30.3 Å². The number of aromatic nitrogens is 2. The zero-order valence-electron chi connectivity index (χ0n) is 11.7. The van der Waals surface area contributed by atoms with Gasteiger partial charge >= 0.3 is 0 Å². The van der Waals surface area contributed by atoms with Gasteiger partial charge in [0.1, 0.15) is 17.7 Å². The summed E-state index contributed by atoms with van der Waals surface area (Å²) in [6.07, 6.45) is 0. The second-order valence-electron chi connectivity index (χ2n) is 4.96. The molecule has 22 heavy (non-hydrogen) atoms. The molecule has 1 saturated heterocycles. The average molecular weight is 301 g/mol. The lowest BCUT2D eigenvalue weighted by Crippen LogP contribution is -2.47. The highest BCUT2D eigenvalue weighted by Crippen LogP contribution is 2.23. The second-order valence-corrected chi connectivity index (χ2v) is 4.96. The molecular formula is C15H13F2N5. The number of hydrogen-bond acceptors (Lipinski definition) is 5. The van der Waals surface area contributed by atoms with Crippen molar-refractivity contribution >= 4 is 11.5 Å². The number of nitrogens with zero attached hydrogens (tertiary/aromatic N) is 5. The van der Waals surface area contributed by atoms with Crippen LogP contribution in [0.2, 0.25) is 0 Å². The second kappa shape index (κ2) is 5.93. The van der Waals surface area contributed by atoms with Crippen LogP contribution in [0, 0.1) is 23.0 Å². The Kier molecular flexibility index (Phi) is 3.83.